The Morgan fingerprint density at radius 1 is 0.276 bits per heavy atom. The summed E-state index contributed by atoms with van der Waals surface area (Å²) in [6.07, 6.45) is 60.2. The third kappa shape index (κ3) is 72.4. The Hall–Kier alpha value is -1.94. The number of ether oxygens (including phenoxy) is 4. The predicted octanol–water partition coefficient (Wildman–Crippen LogP) is 23.5. The summed E-state index contributed by atoms with van der Waals surface area (Å²) in [4.78, 5) is 72.6. The zero-order valence-corrected chi connectivity index (χ0v) is 65.9. The molecule has 19 heteroatoms. The number of phosphoric ester groups is 2. The molecule has 17 nitrogen and oxygen atoms in total. The summed E-state index contributed by atoms with van der Waals surface area (Å²) in [5.41, 5.74) is 0. The van der Waals surface area contributed by atoms with E-state index in [1.807, 2.05) is 0 Å². The first kappa shape index (κ1) is 96.1. The largest absolute Gasteiger partial charge is 0.472 e. The molecule has 3 N–H and O–H groups in total. The van der Waals surface area contributed by atoms with Gasteiger partial charge in [-0.05, 0) is 37.5 Å². The molecule has 0 aliphatic heterocycles. The van der Waals surface area contributed by atoms with Crippen molar-refractivity contribution in [3.05, 3.63) is 0 Å². The number of aliphatic hydroxyl groups excluding tert-OH is 1. The topological polar surface area (TPSA) is 237 Å². The van der Waals surface area contributed by atoms with Gasteiger partial charge < -0.3 is 33.8 Å². The summed E-state index contributed by atoms with van der Waals surface area (Å²) in [6, 6.07) is 0. The van der Waals surface area contributed by atoms with Gasteiger partial charge in [0.15, 0.2) is 12.2 Å². The lowest BCUT2D eigenvalue weighted by Gasteiger charge is -2.21. The average Bonchev–Trinajstić information content (AvgIpc) is 1.00. The molecule has 98 heavy (non-hydrogen) atoms. The molecule has 0 amide bonds. The van der Waals surface area contributed by atoms with E-state index in [0.717, 1.165) is 108 Å². The summed E-state index contributed by atoms with van der Waals surface area (Å²) in [6.45, 7) is 9.55. The van der Waals surface area contributed by atoms with Crippen molar-refractivity contribution in [2.75, 3.05) is 39.6 Å². The van der Waals surface area contributed by atoms with Crippen LogP contribution in [0.25, 0.3) is 0 Å². The van der Waals surface area contributed by atoms with Crippen molar-refractivity contribution in [3.8, 4) is 0 Å². The van der Waals surface area contributed by atoms with E-state index in [1.54, 1.807) is 0 Å². The van der Waals surface area contributed by atoms with Crippen LogP contribution in [0.15, 0.2) is 0 Å². The van der Waals surface area contributed by atoms with E-state index in [2.05, 4.69) is 41.5 Å². The number of phosphoric acid groups is 2. The molecule has 0 aliphatic carbocycles. The normalized spacial score (nSPS) is 13.9. The van der Waals surface area contributed by atoms with Gasteiger partial charge in [-0.25, -0.2) is 9.13 Å². The Morgan fingerprint density at radius 3 is 0.694 bits per heavy atom. The van der Waals surface area contributed by atoms with Crippen LogP contribution in [0.4, 0.5) is 0 Å². The summed E-state index contributed by atoms with van der Waals surface area (Å²) in [7, 11) is -9.91. The van der Waals surface area contributed by atoms with Crippen LogP contribution >= 0.6 is 15.6 Å². The fraction of sp³-hybridized carbons (Fsp3) is 0.949. The van der Waals surface area contributed by atoms with Gasteiger partial charge in [-0.3, -0.25) is 37.3 Å². The number of rotatable bonds is 78. The molecule has 2 unspecified atom stereocenters. The lowest BCUT2D eigenvalue weighted by molar-refractivity contribution is -0.161. The van der Waals surface area contributed by atoms with Crippen LogP contribution in [0.5, 0.6) is 0 Å². The number of unbranched alkanes of at least 4 members (excludes halogenated alkanes) is 48. The number of carbonyl (C=O) groups excluding carboxylic acids is 4. The molecule has 0 rings (SSSR count). The third-order valence-electron chi connectivity index (χ3n) is 18.5. The standard InChI is InChI=1S/C79H154O17P2/c1-7-9-11-13-14-15-16-17-18-19-20-21-22-23-24-25-28-35-40-45-51-57-64-79(84)96-75(68-90-77(82)62-56-50-44-39-34-29-26-27-32-37-42-48-53-59-71(3)4)70-94-98(87,88)92-66-73(80)65-91-97(85,86)93-69-74(67-89-76(81)61-55-47-12-10-8-2)95-78(83)63-58-52-46-41-36-31-30-33-38-43-49-54-60-72(5)6/h71-75,80H,7-70H2,1-6H3,(H,85,86)(H,87,88)/t73-,74+,75+/m0/s1. The highest BCUT2D eigenvalue weighted by Gasteiger charge is 2.30. The Labute approximate surface area is 600 Å². The highest BCUT2D eigenvalue weighted by atomic mass is 31.2. The zero-order chi connectivity index (χ0) is 72.1. The number of hydrogen-bond donors (Lipinski definition) is 3. The molecule has 582 valence electrons. The van der Waals surface area contributed by atoms with Gasteiger partial charge >= 0.3 is 39.5 Å². The molecule has 0 aliphatic rings. The minimum absolute atomic E-state index is 0.106. The minimum Gasteiger partial charge on any atom is -0.462 e. The summed E-state index contributed by atoms with van der Waals surface area (Å²) >= 11 is 0. The molecule has 0 saturated heterocycles. The minimum atomic E-state index is -4.96. The number of aliphatic hydroxyl groups is 1. The maximum Gasteiger partial charge on any atom is 0.472 e. The van der Waals surface area contributed by atoms with Crippen LogP contribution < -0.4 is 0 Å². The van der Waals surface area contributed by atoms with Crippen LogP contribution in [-0.2, 0) is 65.4 Å². The second-order valence-corrected chi connectivity index (χ2v) is 32.3. The van der Waals surface area contributed by atoms with Crippen molar-refractivity contribution in [3.63, 3.8) is 0 Å². The van der Waals surface area contributed by atoms with Crippen LogP contribution in [0, 0.1) is 11.8 Å². The van der Waals surface area contributed by atoms with E-state index < -0.39 is 97.5 Å². The first-order valence-electron chi connectivity index (χ1n) is 41.0. The molecule has 5 atom stereocenters. The molecule has 0 fully saturated rings. The SMILES string of the molecule is CCCCCCCCCCCCCCCCCCCCCCCCC(=O)O[C@H](COC(=O)CCCCCCCCCCCCCCCC(C)C)COP(=O)(O)OC[C@@H](O)COP(=O)(O)OC[C@@H](COC(=O)CCCCCCC)OC(=O)CCCCCCCCCCCCCCC(C)C. The summed E-state index contributed by atoms with van der Waals surface area (Å²) in [5, 5.41) is 10.6. The van der Waals surface area contributed by atoms with E-state index in [1.165, 1.54) is 225 Å². The zero-order valence-electron chi connectivity index (χ0n) is 64.1. The van der Waals surface area contributed by atoms with Crippen molar-refractivity contribution < 1.29 is 80.2 Å². The smallest absolute Gasteiger partial charge is 0.462 e. The van der Waals surface area contributed by atoms with Gasteiger partial charge in [0.1, 0.15) is 19.3 Å². The Balaban J connectivity index is 5.11. The number of hydrogen-bond acceptors (Lipinski definition) is 15. The van der Waals surface area contributed by atoms with Gasteiger partial charge in [0.25, 0.3) is 0 Å². The first-order valence-corrected chi connectivity index (χ1v) is 44.0. The molecule has 0 spiro atoms. The van der Waals surface area contributed by atoms with Crippen LogP contribution in [0.1, 0.15) is 414 Å². The molecule has 0 radical (unpaired) electrons. The van der Waals surface area contributed by atoms with Gasteiger partial charge in [-0.2, -0.15) is 0 Å². The maximum absolute atomic E-state index is 13.1. The third-order valence-corrected chi connectivity index (χ3v) is 20.4. The first-order chi connectivity index (χ1) is 47.4. The lowest BCUT2D eigenvalue weighted by atomic mass is 10.0. The maximum atomic E-state index is 13.1. The van der Waals surface area contributed by atoms with Gasteiger partial charge in [0, 0.05) is 25.7 Å². The molecule has 0 aromatic carbocycles. The molecular formula is C79H154O17P2. The highest BCUT2D eigenvalue weighted by Crippen LogP contribution is 2.45. The highest BCUT2D eigenvalue weighted by molar-refractivity contribution is 7.47. The van der Waals surface area contributed by atoms with Crippen LogP contribution in [0.2, 0.25) is 0 Å². The van der Waals surface area contributed by atoms with E-state index in [4.69, 9.17) is 37.0 Å². The lowest BCUT2D eigenvalue weighted by Crippen LogP contribution is -2.30. The quantitative estimate of drug-likeness (QED) is 0.0222. The second kappa shape index (κ2) is 70.7. The summed E-state index contributed by atoms with van der Waals surface area (Å²) in [5.74, 6) is -0.556. The molecule has 0 aromatic heterocycles. The second-order valence-electron chi connectivity index (χ2n) is 29.4. The molecule has 0 heterocycles. The van der Waals surface area contributed by atoms with E-state index >= 15 is 0 Å². The monoisotopic (exact) mass is 1440 g/mol. The van der Waals surface area contributed by atoms with Crippen molar-refractivity contribution in [1.82, 2.24) is 0 Å². The van der Waals surface area contributed by atoms with Crippen LogP contribution in [-0.4, -0.2) is 96.7 Å². The van der Waals surface area contributed by atoms with Crippen molar-refractivity contribution in [2.45, 2.75) is 432 Å². The molecular weight excluding hydrogens is 1280 g/mol. The van der Waals surface area contributed by atoms with E-state index in [9.17, 15) is 43.2 Å². The van der Waals surface area contributed by atoms with E-state index in [0.29, 0.717) is 25.7 Å². The number of carbonyl (C=O) groups is 4. The fourth-order valence-electron chi connectivity index (χ4n) is 12.2. The number of esters is 4. The Morgan fingerprint density at radius 2 is 0.469 bits per heavy atom. The fourth-order valence-corrected chi connectivity index (χ4v) is 13.8. The van der Waals surface area contributed by atoms with Crippen molar-refractivity contribution in [2.24, 2.45) is 11.8 Å². The van der Waals surface area contributed by atoms with E-state index in [-0.39, 0.29) is 25.7 Å². The molecule has 0 bridgehead atoms. The van der Waals surface area contributed by atoms with Crippen LogP contribution in [0.3, 0.4) is 0 Å². The average molecular weight is 1440 g/mol. The molecule has 0 aromatic rings. The van der Waals surface area contributed by atoms with Crippen molar-refractivity contribution >= 4 is 39.5 Å². The predicted molar refractivity (Wildman–Crippen MR) is 400 cm³/mol. The molecule has 0 saturated carbocycles. The van der Waals surface area contributed by atoms with Gasteiger partial charge in [-0.15, -0.1) is 0 Å². The van der Waals surface area contributed by atoms with Gasteiger partial charge in [0.2, 0.25) is 0 Å². The van der Waals surface area contributed by atoms with Gasteiger partial charge in [0.05, 0.1) is 26.4 Å². The van der Waals surface area contributed by atoms with Gasteiger partial charge in [-0.1, -0.05) is 363 Å². The summed E-state index contributed by atoms with van der Waals surface area (Å²) < 4.78 is 68.4. The Bertz CT molecular complexity index is 1890. The Kier molecular flexibility index (Phi) is 69.3. The van der Waals surface area contributed by atoms with Crippen molar-refractivity contribution in [1.29, 1.82) is 0 Å².